The highest BCUT2D eigenvalue weighted by atomic mass is 16.5. The van der Waals surface area contributed by atoms with Gasteiger partial charge in [0.1, 0.15) is 5.75 Å². The summed E-state index contributed by atoms with van der Waals surface area (Å²) in [5, 5.41) is 15.2. The molecule has 0 atom stereocenters. The van der Waals surface area contributed by atoms with Crippen molar-refractivity contribution >= 4 is 11.7 Å². The Bertz CT molecular complexity index is 457. The van der Waals surface area contributed by atoms with E-state index in [0.29, 0.717) is 6.61 Å². The number of aliphatic hydroxyl groups is 1. The van der Waals surface area contributed by atoms with E-state index in [0.717, 1.165) is 43.5 Å². The SMILES string of the molecule is CCCOc1cccc(NC(=O)NC2CCC(O)CC2)c1. The average molecular weight is 292 g/mol. The smallest absolute Gasteiger partial charge is 0.319 e. The van der Waals surface area contributed by atoms with E-state index in [2.05, 4.69) is 17.6 Å². The number of hydrogen-bond acceptors (Lipinski definition) is 3. The molecule has 3 N–H and O–H groups in total. The molecule has 116 valence electrons. The van der Waals surface area contributed by atoms with Gasteiger partial charge in [-0.3, -0.25) is 0 Å². The van der Waals surface area contributed by atoms with E-state index >= 15 is 0 Å². The first-order valence-electron chi connectivity index (χ1n) is 7.66. The molecule has 1 fully saturated rings. The van der Waals surface area contributed by atoms with Crippen LogP contribution in [-0.2, 0) is 0 Å². The zero-order valence-electron chi connectivity index (χ0n) is 12.5. The molecule has 0 aliphatic heterocycles. The monoisotopic (exact) mass is 292 g/mol. The molecule has 1 aliphatic carbocycles. The number of ether oxygens (including phenoxy) is 1. The molecule has 0 unspecified atom stereocenters. The second-order valence-electron chi connectivity index (χ2n) is 5.48. The lowest BCUT2D eigenvalue weighted by Gasteiger charge is -2.26. The van der Waals surface area contributed by atoms with Gasteiger partial charge in [0.2, 0.25) is 0 Å². The third-order valence-corrected chi connectivity index (χ3v) is 3.60. The molecule has 1 saturated carbocycles. The van der Waals surface area contributed by atoms with Gasteiger partial charge in [-0.15, -0.1) is 0 Å². The van der Waals surface area contributed by atoms with Crippen molar-refractivity contribution in [2.24, 2.45) is 0 Å². The van der Waals surface area contributed by atoms with Crippen molar-refractivity contribution < 1.29 is 14.6 Å². The number of rotatable bonds is 5. The van der Waals surface area contributed by atoms with Crippen LogP contribution in [0, 0.1) is 0 Å². The molecule has 0 spiro atoms. The van der Waals surface area contributed by atoms with Crippen LogP contribution in [0.1, 0.15) is 39.0 Å². The Kier molecular flexibility index (Phi) is 5.87. The molecule has 0 radical (unpaired) electrons. The van der Waals surface area contributed by atoms with Crippen LogP contribution in [0.2, 0.25) is 0 Å². The van der Waals surface area contributed by atoms with Crippen molar-refractivity contribution in [3.63, 3.8) is 0 Å². The minimum Gasteiger partial charge on any atom is -0.494 e. The van der Waals surface area contributed by atoms with E-state index in [4.69, 9.17) is 4.74 Å². The van der Waals surface area contributed by atoms with E-state index in [1.165, 1.54) is 0 Å². The molecule has 21 heavy (non-hydrogen) atoms. The van der Waals surface area contributed by atoms with Crippen molar-refractivity contribution in [1.29, 1.82) is 0 Å². The summed E-state index contributed by atoms with van der Waals surface area (Å²) in [7, 11) is 0. The minimum absolute atomic E-state index is 0.146. The Morgan fingerprint density at radius 1 is 1.33 bits per heavy atom. The number of amides is 2. The molecule has 1 aromatic carbocycles. The molecule has 1 aliphatic rings. The highest BCUT2D eigenvalue weighted by molar-refractivity contribution is 5.89. The van der Waals surface area contributed by atoms with Gasteiger partial charge in [0, 0.05) is 17.8 Å². The van der Waals surface area contributed by atoms with Crippen LogP contribution in [0.4, 0.5) is 10.5 Å². The Balaban J connectivity index is 1.81. The number of carbonyl (C=O) groups is 1. The predicted molar refractivity (Wildman–Crippen MR) is 82.6 cm³/mol. The first kappa shape index (κ1) is 15.6. The first-order chi connectivity index (χ1) is 10.2. The Hall–Kier alpha value is -1.75. The van der Waals surface area contributed by atoms with Crippen molar-refractivity contribution in [1.82, 2.24) is 5.32 Å². The normalized spacial score (nSPS) is 21.6. The van der Waals surface area contributed by atoms with Crippen LogP contribution in [0.15, 0.2) is 24.3 Å². The van der Waals surface area contributed by atoms with Crippen LogP contribution in [0.5, 0.6) is 5.75 Å². The van der Waals surface area contributed by atoms with E-state index in [9.17, 15) is 9.90 Å². The minimum atomic E-state index is -0.210. The standard InChI is InChI=1S/C16H24N2O3/c1-2-10-21-15-5-3-4-13(11-15)18-16(20)17-12-6-8-14(19)9-7-12/h3-5,11-12,14,19H,2,6-10H2,1H3,(H2,17,18,20). The topological polar surface area (TPSA) is 70.6 Å². The van der Waals surface area contributed by atoms with Crippen molar-refractivity contribution in [2.45, 2.75) is 51.2 Å². The zero-order chi connectivity index (χ0) is 15.1. The predicted octanol–water partition coefficient (Wildman–Crippen LogP) is 2.90. The number of carbonyl (C=O) groups excluding carboxylic acids is 1. The lowest BCUT2D eigenvalue weighted by Crippen LogP contribution is -2.40. The van der Waals surface area contributed by atoms with Crippen LogP contribution >= 0.6 is 0 Å². The highest BCUT2D eigenvalue weighted by Crippen LogP contribution is 2.19. The van der Waals surface area contributed by atoms with Crippen molar-refractivity contribution in [2.75, 3.05) is 11.9 Å². The van der Waals surface area contributed by atoms with Crippen LogP contribution in [-0.4, -0.2) is 29.9 Å². The average Bonchev–Trinajstić information content (AvgIpc) is 2.48. The zero-order valence-corrected chi connectivity index (χ0v) is 12.5. The molecule has 5 heteroatoms. The van der Waals surface area contributed by atoms with Gasteiger partial charge in [0.05, 0.1) is 12.7 Å². The van der Waals surface area contributed by atoms with Crippen LogP contribution in [0.25, 0.3) is 0 Å². The summed E-state index contributed by atoms with van der Waals surface area (Å²) in [6.07, 6.45) is 3.91. The van der Waals surface area contributed by atoms with Crippen LogP contribution < -0.4 is 15.4 Å². The lowest BCUT2D eigenvalue weighted by atomic mass is 9.93. The second-order valence-corrected chi connectivity index (χ2v) is 5.48. The van der Waals surface area contributed by atoms with Gasteiger partial charge in [-0.1, -0.05) is 13.0 Å². The quantitative estimate of drug-likeness (QED) is 0.781. The number of nitrogens with one attached hydrogen (secondary N) is 2. The fraction of sp³-hybridized carbons (Fsp3) is 0.562. The summed E-state index contributed by atoms with van der Waals surface area (Å²) in [4.78, 5) is 12.0. The molecular weight excluding hydrogens is 268 g/mol. The number of aliphatic hydroxyl groups excluding tert-OH is 1. The maximum atomic E-state index is 12.0. The van der Waals surface area contributed by atoms with Crippen molar-refractivity contribution in [3.8, 4) is 5.75 Å². The molecule has 0 heterocycles. The summed E-state index contributed by atoms with van der Waals surface area (Å²) < 4.78 is 5.54. The number of benzene rings is 1. The van der Waals surface area contributed by atoms with E-state index < -0.39 is 0 Å². The van der Waals surface area contributed by atoms with Gasteiger partial charge in [0.25, 0.3) is 0 Å². The summed E-state index contributed by atoms with van der Waals surface area (Å²) >= 11 is 0. The van der Waals surface area contributed by atoms with Gasteiger partial charge in [-0.25, -0.2) is 4.79 Å². The Labute approximate surface area is 125 Å². The van der Waals surface area contributed by atoms with E-state index in [1.807, 2.05) is 24.3 Å². The molecule has 5 nitrogen and oxygen atoms in total. The molecular formula is C16H24N2O3. The fourth-order valence-electron chi connectivity index (χ4n) is 2.46. The Morgan fingerprint density at radius 2 is 2.10 bits per heavy atom. The fourth-order valence-corrected chi connectivity index (χ4v) is 2.46. The second kappa shape index (κ2) is 7.88. The van der Waals surface area contributed by atoms with E-state index in [-0.39, 0.29) is 18.2 Å². The van der Waals surface area contributed by atoms with Gasteiger partial charge in [-0.2, -0.15) is 0 Å². The summed E-state index contributed by atoms with van der Waals surface area (Å²) in [5.41, 5.74) is 0.719. The van der Waals surface area contributed by atoms with Gasteiger partial charge < -0.3 is 20.5 Å². The van der Waals surface area contributed by atoms with Gasteiger partial charge in [-0.05, 0) is 44.2 Å². The molecule has 0 bridgehead atoms. The molecule has 0 aromatic heterocycles. The third kappa shape index (κ3) is 5.27. The molecule has 2 amide bonds. The largest absolute Gasteiger partial charge is 0.494 e. The Morgan fingerprint density at radius 3 is 2.81 bits per heavy atom. The van der Waals surface area contributed by atoms with Crippen LogP contribution in [0.3, 0.4) is 0 Å². The molecule has 1 aromatic rings. The number of urea groups is 1. The molecule has 0 saturated heterocycles. The first-order valence-corrected chi connectivity index (χ1v) is 7.66. The van der Waals surface area contributed by atoms with E-state index in [1.54, 1.807) is 0 Å². The molecule has 2 rings (SSSR count). The number of anilines is 1. The highest BCUT2D eigenvalue weighted by Gasteiger charge is 2.20. The lowest BCUT2D eigenvalue weighted by molar-refractivity contribution is 0.118. The van der Waals surface area contributed by atoms with Gasteiger partial charge >= 0.3 is 6.03 Å². The maximum Gasteiger partial charge on any atom is 0.319 e. The maximum absolute atomic E-state index is 12.0. The van der Waals surface area contributed by atoms with Crippen molar-refractivity contribution in [3.05, 3.63) is 24.3 Å². The number of hydrogen-bond donors (Lipinski definition) is 3. The van der Waals surface area contributed by atoms with Gasteiger partial charge in [0.15, 0.2) is 0 Å². The summed E-state index contributed by atoms with van der Waals surface area (Å²) in [6, 6.07) is 7.33. The third-order valence-electron chi connectivity index (χ3n) is 3.60. The summed E-state index contributed by atoms with van der Waals surface area (Å²) in [6.45, 7) is 2.72. The summed E-state index contributed by atoms with van der Waals surface area (Å²) in [5.74, 6) is 0.760.